The SMILES string of the molecule is CC[C@H](C)N[C@H]1CS(=O)(=O)C[C@@H]1S(=O)(=O)c1ccc(Cl)cc1. The number of nitrogens with one attached hydrogen (secondary N) is 1. The molecule has 0 radical (unpaired) electrons. The van der Waals surface area contributed by atoms with E-state index in [1.165, 1.54) is 24.3 Å². The van der Waals surface area contributed by atoms with Gasteiger partial charge in [0.15, 0.2) is 19.7 Å². The Kier molecular flexibility index (Phi) is 5.21. The number of hydrogen-bond donors (Lipinski definition) is 1. The van der Waals surface area contributed by atoms with Gasteiger partial charge in [0.25, 0.3) is 0 Å². The lowest BCUT2D eigenvalue weighted by molar-refractivity contribution is 0.456. The van der Waals surface area contributed by atoms with Gasteiger partial charge in [-0.2, -0.15) is 0 Å². The molecule has 1 N–H and O–H groups in total. The smallest absolute Gasteiger partial charge is 0.183 e. The van der Waals surface area contributed by atoms with Crippen molar-refractivity contribution in [3.8, 4) is 0 Å². The predicted molar refractivity (Wildman–Crippen MR) is 87.8 cm³/mol. The third kappa shape index (κ3) is 3.82. The van der Waals surface area contributed by atoms with Gasteiger partial charge in [-0.25, -0.2) is 16.8 Å². The third-order valence-corrected chi connectivity index (χ3v) is 8.37. The van der Waals surface area contributed by atoms with E-state index in [1.54, 1.807) is 0 Å². The van der Waals surface area contributed by atoms with E-state index in [-0.39, 0.29) is 22.4 Å². The van der Waals surface area contributed by atoms with Gasteiger partial charge in [0.2, 0.25) is 0 Å². The van der Waals surface area contributed by atoms with Gasteiger partial charge >= 0.3 is 0 Å². The maximum Gasteiger partial charge on any atom is 0.183 e. The first kappa shape index (κ1) is 17.7. The summed E-state index contributed by atoms with van der Waals surface area (Å²) in [4.78, 5) is 0.106. The molecular formula is C14H20ClNO4S2. The zero-order valence-corrected chi connectivity index (χ0v) is 14.9. The van der Waals surface area contributed by atoms with Crippen molar-refractivity contribution in [2.75, 3.05) is 11.5 Å². The highest BCUT2D eigenvalue weighted by molar-refractivity contribution is 7.96. The fraction of sp³-hybridized carbons (Fsp3) is 0.571. The van der Waals surface area contributed by atoms with Crippen LogP contribution < -0.4 is 5.32 Å². The highest BCUT2D eigenvalue weighted by Gasteiger charge is 2.45. The second-order valence-electron chi connectivity index (χ2n) is 5.70. The Morgan fingerprint density at radius 1 is 1.27 bits per heavy atom. The summed E-state index contributed by atoms with van der Waals surface area (Å²) in [6.45, 7) is 3.88. The van der Waals surface area contributed by atoms with Crippen LogP contribution in [0.2, 0.25) is 5.02 Å². The van der Waals surface area contributed by atoms with Crippen molar-refractivity contribution in [3.05, 3.63) is 29.3 Å². The lowest BCUT2D eigenvalue weighted by atomic mass is 10.2. The molecule has 0 saturated carbocycles. The van der Waals surface area contributed by atoms with Crippen molar-refractivity contribution in [1.82, 2.24) is 5.32 Å². The van der Waals surface area contributed by atoms with E-state index in [2.05, 4.69) is 5.32 Å². The first-order chi connectivity index (χ1) is 10.2. The molecule has 0 aromatic heterocycles. The molecule has 0 amide bonds. The Bertz CT molecular complexity index is 729. The van der Waals surface area contributed by atoms with Crippen molar-refractivity contribution in [2.24, 2.45) is 0 Å². The van der Waals surface area contributed by atoms with Gasteiger partial charge in [0.05, 0.1) is 21.7 Å². The summed E-state index contributed by atoms with van der Waals surface area (Å²) in [5.41, 5.74) is 0. The number of hydrogen-bond acceptors (Lipinski definition) is 5. The second-order valence-corrected chi connectivity index (χ2v) is 10.5. The average Bonchev–Trinajstić information content (AvgIpc) is 2.74. The average molecular weight is 366 g/mol. The Hall–Kier alpha value is -0.630. The van der Waals surface area contributed by atoms with E-state index >= 15 is 0 Å². The van der Waals surface area contributed by atoms with Crippen LogP contribution >= 0.6 is 11.6 Å². The van der Waals surface area contributed by atoms with Crippen LogP contribution in [-0.4, -0.2) is 45.7 Å². The minimum absolute atomic E-state index is 0.0567. The molecule has 1 aliphatic rings. The summed E-state index contributed by atoms with van der Waals surface area (Å²) < 4.78 is 49.4. The summed E-state index contributed by atoms with van der Waals surface area (Å²) in [7, 11) is -7.10. The maximum absolute atomic E-state index is 12.8. The summed E-state index contributed by atoms with van der Waals surface area (Å²) in [5, 5.41) is 2.61. The first-order valence-electron chi connectivity index (χ1n) is 7.11. The normalized spacial score (nSPS) is 26.0. The Balaban J connectivity index is 2.36. The van der Waals surface area contributed by atoms with Crippen LogP contribution in [0.15, 0.2) is 29.2 Å². The van der Waals surface area contributed by atoms with Crippen molar-refractivity contribution >= 4 is 31.3 Å². The molecule has 2 rings (SSSR count). The van der Waals surface area contributed by atoms with Crippen LogP contribution in [0, 0.1) is 0 Å². The fourth-order valence-electron chi connectivity index (χ4n) is 2.56. The van der Waals surface area contributed by atoms with Crippen LogP contribution in [0.4, 0.5) is 0 Å². The Morgan fingerprint density at radius 3 is 2.41 bits per heavy atom. The molecule has 22 heavy (non-hydrogen) atoms. The molecule has 1 aliphatic heterocycles. The van der Waals surface area contributed by atoms with E-state index in [9.17, 15) is 16.8 Å². The fourth-order valence-corrected chi connectivity index (χ4v) is 7.36. The molecular weight excluding hydrogens is 346 g/mol. The molecule has 0 aliphatic carbocycles. The number of benzene rings is 1. The number of rotatable bonds is 5. The van der Waals surface area contributed by atoms with Gasteiger partial charge in [-0.3, -0.25) is 0 Å². The number of sulfone groups is 2. The van der Waals surface area contributed by atoms with Gasteiger partial charge in [0.1, 0.15) is 0 Å². The molecule has 1 fully saturated rings. The van der Waals surface area contributed by atoms with Crippen molar-refractivity contribution in [1.29, 1.82) is 0 Å². The lowest BCUT2D eigenvalue weighted by Gasteiger charge is -2.23. The lowest BCUT2D eigenvalue weighted by Crippen LogP contribution is -2.46. The summed E-state index contributed by atoms with van der Waals surface area (Å²) in [6, 6.07) is 5.30. The minimum Gasteiger partial charge on any atom is -0.309 e. The van der Waals surface area contributed by atoms with E-state index < -0.39 is 31.0 Å². The molecule has 3 atom stereocenters. The van der Waals surface area contributed by atoms with E-state index in [1.807, 2.05) is 13.8 Å². The highest BCUT2D eigenvalue weighted by Crippen LogP contribution is 2.27. The molecule has 1 aromatic rings. The molecule has 8 heteroatoms. The van der Waals surface area contributed by atoms with Crippen molar-refractivity contribution in [3.63, 3.8) is 0 Å². The monoisotopic (exact) mass is 365 g/mol. The zero-order valence-electron chi connectivity index (χ0n) is 12.5. The minimum atomic E-state index is -3.73. The number of halogens is 1. The molecule has 0 unspecified atom stereocenters. The van der Waals surface area contributed by atoms with E-state index in [0.717, 1.165) is 6.42 Å². The van der Waals surface area contributed by atoms with Crippen molar-refractivity contribution < 1.29 is 16.8 Å². The van der Waals surface area contributed by atoms with Gasteiger partial charge in [-0.1, -0.05) is 18.5 Å². The molecule has 0 bridgehead atoms. The Labute approximate surface area is 136 Å². The van der Waals surface area contributed by atoms with Gasteiger partial charge in [-0.15, -0.1) is 0 Å². The summed E-state index contributed by atoms with van der Waals surface area (Å²) in [5.74, 6) is -0.485. The summed E-state index contributed by atoms with van der Waals surface area (Å²) in [6.07, 6.45) is 0.796. The van der Waals surface area contributed by atoms with Gasteiger partial charge in [0, 0.05) is 17.1 Å². The molecule has 124 valence electrons. The zero-order chi connectivity index (χ0) is 16.5. The third-order valence-electron chi connectivity index (χ3n) is 3.95. The van der Waals surface area contributed by atoms with Crippen LogP contribution in [0.25, 0.3) is 0 Å². The first-order valence-corrected chi connectivity index (χ1v) is 10.9. The standard InChI is InChI=1S/C14H20ClNO4S2/c1-3-10(2)16-13-8-21(17,18)9-14(13)22(19,20)12-6-4-11(15)5-7-12/h4-7,10,13-14,16H,3,8-9H2,1-2H3/t10-,13-,14-/m0/s1. The maximum atomic E-state index is 12.8. The van der Waals surface area contributed by atoms with Crippen LogP contribution in [0.1, 0.15) is 20.3 Å². The second kappa shape index (κ2) is 6.47. The quantitative estimate of drug-likeness (QED) is 0.858. The molecule has 1 aromatic carbocycles. The largest absolute Gasteiger partial charge is 0.309 e. The van der Waals surface area contributed by atoms with Gasteiger partial charge in [-0.05, 0) is 37.6 Å². The highest BCUT2D eigenvalue weighted by atomic mass is 35.5. The molecule has 1 heterocycles. The van der Waals surface area contributed by atoms with Crippen LogP contribution in [-0.2, 0) is 19.7 Å². The topological polar surface area (TPSA) is 80.3 Å². The van der Waals surface area contributed by atoms with Crippen molar-refractivity contribution in [2.45, 2.75) is 42.5 Å². The molecule has 1 saturated heterocycles. The van der Waals surface area contributed by atoms with Gasteiger partial charge < -0.3 is 5.32 Å². The predicted octanol–water partition coefficient (Wildman–Crippen LogP) is 1.67. The summed E-state index contributed by atoms with van der Waals surface area (Å²) >= 11 is 5.78. The van der Waals surface area contributed by atoms with E-state index in [4.69, 9.17) is 11.6 Å². The van der Waals surface area contributed by atoms with E-state index in [0.29, 0.717) is 5.02 Å². The van der Waals surface area contributed by atoms with Crippen LogP contribution in [0.3, 0.4) is 0 Å². The molecule has 0 spiro atoms. The van der Waals surface area contributed by atoms with Crippen LogP contribution in [0.5, 0.6) is 0 Å². The molecule has 5 nitrogen and oxygen atoms in total. The Morgan fingerprint density at radius 2 is 1.86 bits per heavy atom.